The van der Waals surface area contributed by atoms with Crippen LogP contribution in [0, 0.1) is 6.92 Å². The highest BCUT2D eigenvalue weighted by Crippen LogP contribution is 2.27. The monoisotopic (exact) mass is 283 g/mol. The van der Waals surface area contributed by atoms with Crippen LogP contribution in [0.15, 0.2) is 30.5 Å². The predicted molar refractivity (Wildman–Crippen MR) is 89.7 cm³/mol. The maximum absolute atomic E-state index is 4.65. The van der Waals surface area contributed by atoms with Gasteiger partial charge in [0.2, 0.25) is 5.95 Å². The molecule has 0 spiro atoms. The highest BCUT2D eigenvalue weighted by molar-refractivity contribution is 5.64. The first kappa shape index (κ1) is 15.5. The summed E-state index contributed by atoms with van der Waals surface area (Å²) in [5.41, 5.74) is 4.75. The van der Waals surface area contributed by atoms with Gasteiger partial charge in [0.05, 0.1) is 5.69 Å². The second kappa shape index (κ2) is 6.25. The van der Waals surface area contributed by atoms with Crippen molar-refractivity contribution in [1.82, 2.24) is 9.97 Å². The number of aromatic nitrogens is 2. The van der Waals surface area contributed by atoms with Crippen molar-refractivity contribution in [3.05, 3.63) is 41.6 Å². The van der Waals surface area contributed by atoms with Gasteiger partial charge < -0.3 is 5.32 Å². The Balaban J connectivity index is 2.32. The Kier molecular flexibility index (Phi) is 4.61. The number of nitrogens with zero attached hydrogens (tertiary/aromatic N) is 2. The number of anilines is 1. The van der Waals surface area contributed by atoms with Crippen molar-refractivity contribution in [1.29, 1.82) is 0 Å². The van der Waals surface area contributed by atoms with Gasteiger partial charge in [0, 0.05) is 18.3 Å². The summed E-state index contributed by atoms with van der Waals surface area (Å²) in [6, 6.07) is 8.69. The van der Waals surface area contributed by atoms with E-state index in [1.807, 2.05) is 6.20 Å². The van der Waals surface area contributed by atoms with E-state index in [0.29, 0.717) is 5.95 Å². The summed E-state index contributed by atoms with van der Waals surface area (Å²) in [4.78, 5) is 8.99. The third-order valence-electron chi connectivity index (χ3n) is 3.53. The minimum atomic E-state index is 0.174. The Morgan fingerprint density at radius 3 is 2.33 bits per heavy atom. The number of nitrogens with one attached hydrogen (secondary N) is 1. The van der Waals surface area contributed by atoms with Crippen LogP contribution in [0.2, 0.25) is 0 Å². The highest BCUT2D eigenvalue weighted by atomic mass is 15.1. The first-order valence-electron chi connectivity index (χ1n) is 7.60. The SMILES string of the molecule is CCCNc1ncc(C)c(-c2ccc(C(C)(C)C)cc2)n1. The van der Waals surface area contributed by atoms with Gasteiger partial charge in [0.15, 0.2) is 0 Å². The van der Waals surface area contributed by atoms with Crippen molar-refractivity contribution >= 4 is 5.95 Å². The Hall–Kier alpha value is -1.90. The lowest BCUT2D eigenvalue weighted by molar-refractivity contribution is 0.590. The summed E-state index contributed by atoms with van der Waals surface area (Å²) in [5, 5.41) is 3.25. The quantitative estimate of drug-likeness (QED) is 0.893. The first-order valence-corrected chi connectivity index (χ1v) is 7.60. The molecule has 1 heterocycles. The van der Waals surface area contributed by atoms with Crippen molar-refractivity contribution in [3.8, 4) is 11.3 Å². The third kappa shape index (κ3) is 3.81. The molecule has 1 aromatic carbocycles. The average molecular weight is 283 g/mol. The van der Waals surface area contributed by atoms with E-state index in [9.17, 15) is 0 Å². The van der Waals surface area contributed by atoms with Crippen molar-refractivity contribution < 1.29 is 0 Å². The number of aryl methyl sites for hydroxylation is 1. The van der Waals surface area contributed by atoms with Crippen molar-refractivity contribution in [3.63, 3.8) is 0 Å². The van der Waals surface area contributed by atoms with Gasteiger partial charge in [0.25, 0.3) is 0 Å². The van der Waals surface area contributed by atoms with Crippen molar-refractivity contribution in [2.24, 2.45) is 0 Å². The van der Waals surface area contributed by atoms with E-state index < -0.39 is 0 Å². The minimum Gasteiger partial charge on any atom is -0.354 e. The van der Waals surface area contributed by atoms with Crippen LogP contribution >= 0.6 is 0 Å². The summed E-state index contributed by atoms with van der Waals surface area (Å²) < 4.78 is 0. The highest BCUT2D eigenvalue weighted by Gasteiger charge is 2.14. The molecule has 1 N–H and O–H groups in total. The first-order chi connectivity index (χ1) is 9.91. The molecule has 3 heteroatoms. The van der Waals surface area contributed by atoms with Gasteiger partial charge in [-0.2, -0.15) is 0 Å². The van der Waals surface area contributed by atoms with Crippen molar-refractivity contribution in [2.75, 3.05) is 11.9 Å². The van der Waals surface area contributed by atoms with Crippen LogP contribution in [0.4, 0.5) is 5.95 Å². The predicted octanol–water partition coefficient (Wildman–Crippen LogP) is 4.57. The third-order valence-corrected chi connectivity index (χ3v) is 3.53. The van der Waals surface area contributed by atoms with E-state index in [0.717, 1.165) is 29.8 Å². The van der Waals surface area contributed by atoms with E-state index in [1.165, 1.54) is 5.56 Å². The number of hydrogen-bond acceptors (Lipinski definition) is 3. The minimum absolute atomic E-state index is 0.174. The largest absolute Gasteiger partial charge is 0.354 e. The maximum atomic E-state index is 4.65. The molecule has 2 aromatic rings. The van der Waals surface area contributed by atoms with E-state index in [2.05, 4.69) is 74.2 Å². The second-order valence-corrected chi connectivity index (χ2v) is 6.48. The number of rotatable bonds is 4. The summed E-state index contributed by atoms with van der Waals surface area (Å²) in [7, 11) is 0. The smallest absolute Gasteiger partial charge is 0.223 e. The van der Waals surface area contributed by atoms with Crippen LogP contribution < -0.4 is 5.32 Å². The number of hydrogen-bond donors (Lipinski definition) is 1. The van der Waals surface area contributed by atoms with Gasteiger partial charge in [0.1, 0.15) is 0 Å². The molecular formula is C18H25N3. The van der Waals surface area contributed by atoms with Crippen LogP contribution in [-0.4, -0.2) is 16.5 Å². The van der Waals surface area contributed by atoms with Crippen molar-refractivity contribution in [2.45, 2.75) is 46.5 Å². The van der Waals surface area contributed by atoms with Gasteiger partial charge in [-0.05, 0) is 29.9 Å². The maximum Gasteiger partial charge on any atom is 0.223 e. The fourth-order valence-electron chi connectivity index (χ4n) is 2.18. The van der Waals surface area contributed by atoms with Gasteiger partial charge in [-0.15, -0.1) is 0 Å². The fraction of sp³-hybridized carbons (Fsp3) is 0.444. The zero-order valence-electron chi connectivity index (χ0n) is 13.7. The Bertz CT molecular complexity index is 595. The Morgan fingerprint density at radius 2 is 1.76 bits per heavy atom. The summed E-state index contributed by atoms with van der Waals surface area (Å²) in [5.74, 6) is 0.706. The van der Waals surface area contributed by atoms with E-state index in [-0.39, 0.29) is 5.41 Å². The summed E-state index contributed by atoms with van der Waals surface area (Å²) >= 11 is 0. The van der Waals surface area contributed by atoms with Crippen LogP contribution in [0.5, 0.6) is 0 Å². The molecule has 0 saturated heterocycles. The normalized spacial score (nSPS) is 11.5. The van der Waals surface area contributed by atoms with Gasteiger partial charge in [-0.25, -0.2) is 9.97 Å². The summed E-state index contributed by atoms with van der Waals surface area (Å²) in [6.45, 7) is 11.8. The molecule has 2 rings (SSSR count). The fourth-order valence-corrected chi connectivity index (χ4v) is 2.18. The molecule has 0 fully saturated rings. The average Bonchev–Trinajstić information content (AvgIpc) is 2.46. The molecule has 1 aromatic heterocycles. The van der Waals surface area contributed by atoms with Gasteiger partial charge >= 0.3 is 0 Å². The molecule has 0 aliphatic carbocycles. The van der Waals surface area contributed by atoms with E-state index in [1.54, 1.807) is 0 Å². The molecule has 112 valence electrons. The standard InChI is InChI=1S/C18H25N3/c1-6-11-19-17-20-12-13(2)16(21-17)14-7-9-15(10-8-14)18(3,4)5/h7-10,12H,6,11H2,1-5H3,(H,19,20,21). The Morgan fingerprint density at radius 1 is 1.10 bits per heavy atom. The molecule has 0 bridgehead atoms. The molecule has 21 heavy (non-hydrogen) atoms. The molecular weight excluding hydrogens is 258 g/mol. The molecule has 0 saturated carbocycles. The second-order valence-electron chi connectivity index (χ2n) is 6.48. The lowest BCUT2D eigenvalue weighted by Gasteiger charge is -2.19. The molecule has 0 aliphatic heterocycles. The van der Waals surface area contributed by atoms with Crippen LogP contribution in [0.3, 0.4) is 0 Å². The van der Waals surface area contributed by atoms with Gasteiger partial charge in [-0.1, -0.05) is 52.0 Å². The lowest BCUT2D eigenvalue weighted by atomic mass is 9.86. The molecule has 0 amide bonds. The van der Waals surface area contributed by atoms with Gasteiger partial charge in [-0.3, -0.25) is 0 Å². The molecule has 0 unspecified atom stereocenters. The molecule has 0 radical (unpaired) electrons. The zero-order chi connectivity index (χ0) is 15.5. The topological polar surface area (TPSA) is 37.8 Å². The molecule has 3 nitrogen and oxygen atoms in total. The Labute approximate surface area is 127 Å². The zero-order valence-corrected chi connectivity index (χ0v) is 13.7. The van der Waals surface area contributed by atoms with E-state index >= 15 is 0 Å². The lowest BCUT2D eigenvalue weighted by Crippen LogP contribution is -2.10. The van der Waals surface area contributed by atoms with Crippen LogP contribution in [0.1, 0.15) is 45.2 Å². The van der Waals surface area contributed by atoms with E-state index in [4.69, 9.17) is 0 Å². The van der Waals surface area contributed by atoms with Crippen LogP contribution in [-0.2, 0) is 5.41 Å². The van der Waals surface area contributed by atoms with Crippen LogP contribution in [0.25, 0.3) is 11.3 Å². The summed E-state index contributed by atoms with van der Waals surface area (Å²) in [6.07, 6.45) is 2.95. The molecule has 0 atom stereocenters. The number of benzene rings is 1. The molecule has 0 aliphatic rings.